The van der Waals surface area contributed by atoms with E-state index in [-0.39, 0.29) is 12.3 Å². The average Bonchev–Trinajstić information content (AvgIpc) is 3.19. The Hall–Kier alpha value is -2.48. The third-order valence-corrected chi connectivity index (χ3v) is 7.29. The van der Waals surface area contributed by atoms with Crippen molar-refractivity contribution in [3.05, 3.63) is 65.9 Å². The van der Waals surface area contributed by atoms with E-state index in [1.807, 2.05) is 24.3 Å². The SMILES string of the molecule is O=C(CNCc1ccc(S(=O)(=O)N2CCCCC2)cc1)c1c[nH]c2ccccc12. The average molecular weight is 412 g/mol. The molecule has 0 atom stereocenters. The Morgan fingerprint density at radius 3 is 2.48 bits per heavy atom. The highest BCUT2D eigenvalue weighted by Gasteiger charge is 2.25. The fourth-order valence-electron chi connectivity index (χ4n) is 3.75. The van der Waals surface area contributed by atoms with Crippen LogP contribution in [0.3, 0.4) is 0 Å². The van der Waals surface area contributed by atoms with E-state index < -0.39 is 10.0 Å². The summed E-state index contributed by atoms with van der Waals surface area (Å²) < 4.78 is 27.0. The molecular weight excluding hydrogens is 386 g/mol. The van der Waals surface area contributed by atoms with E-state index in [1.165, 1.54) is 0 Å². The second-order valence-corrected chi connectivity index (χ2v) is 9.32. The highest BCUT2D eigenvalue weighted by molar-refractivity contribution is 7.89. The normalized spacial score (nSPS) is 15.6. The number of piperidine rings is 1. The van der Waals surface area contributed by atoms with E-state index in [0.29, 0.717) is 30.1 Å². The first-order chi connectivity index (χ1) is 14.1. The number of carbonyl (C=O) groups is 1. The molecule has 1 fully saturated rings. The maximum Gasteiger partial charge on any atom is 0.243 e. The number of aromatic nitrogens is 1. The van der Waals surface area contributed by atoms with E-state index >= 15 is 0 Å². The molecule has 0 spiro atoms. The predicted octanol–water partition coefficient (Wildman–Crippen LogP) is 3.32. The monoisotopic (exact) mass is 411 g/mol. The second kappa shape index (κ2) is 8.49. The molecule has 3 aromatic rings. The third kappa shape index (κ3) is 4.27. The van der Waals surface area contributed by atoms with Crippen LogP contribution in [0.25, 0.3) is 10.9 Å². The van der Waals surface area contributed by atoms with Crippen LogP contribution in [0.4, 0.5) is 0 Å². The summed E-state index contributed by atoms with van der Waals surface area (Å²) in [7, 11) is -3.41. The van der Waals surface area contributed by atoms with Crippen molar-refractivity contribution in [2.75, 3.05) is 19.6 Å². The van der Waals surface area contributed by atoms with Crippen molar-refractivity contribution < 1.29 is 13.2 Å². The Morgan fingerprint density at radius 2 is 1.72 bits per heavy atom. The maximum atomic E-state index is 12.7. The van der Waals surface area contributed by atoms with E-state index in [4.69, 9.17) is 0 Å². The Kier molecular flexibility index (Phi) is 5.80. The first-order valence-electron chi connectivity index (χ1n) is 9.95. The van der Waals surface area contributed by atoms with Gasteiger partial charge in [-0.2, -0.15) is 4.31 Å². The molecule has 1 aliphatic heterocycles. The van der Waals surface area contributed by atoms with Crippen molar-refractivity contribution in [2.24, 2.45) is 0 Å². The van der Waals surface area contributed by atoms with E-state index in [2.05, 4.69) is 10.3 Å². The zero-order valence-corrected chi connectivity index (χ0v) is 17.0. The van der Waals surface area contributed by atoms with E-state index in [9.17, 15) is 13.2 Å². The lowest BCUT2D eigenvalue weighted by Crippen LogP contribution is -2.35. The van der Waals surface area contributed by atoms with Crippen molar-refractivity contribution >= 4 is 26.7 Å². The molecule has 1 aromatic heterocycles. The molecule has 0 aliphatic carbocycles. The largest absolute Gasteiger partial charge is 0.360 e. The summed E-state index contributed by atoms with van der Waals surface area (Å²) in [5, 5.41) is 4.08. The molecule has 29 heavy (non-hydrogen) atoms. The summed E-state index contributed by atoms with van der Waals surface area (Å²) in [6.07, 6.45) is 4.68. The minimum atomic E-state index is -3.41. The second-order valence-electron chi connectivity index (χ2n) is 7.38. The van der Waals surface area contributed by atoms with Gasteiger partial charge in [-0.25, -0.2) is 8.42 Å². The smallest absolute Gasteiger partial charge is 0.243 e. The number of sulfonamides is 1. The van der Waals surface area contributed by atoms with Crippen LogP contribution in [0.15, 0.2) is 59.6 Å². The van der Waals surface area contributed by atoms with E-state index in [0.717, 1.165) is 35.7 Å². The van der Waals surface area contributed by atoms with Gasteiger partial charge in [-0.3, -0.25) is 4.79 Å². The molecule has 2 N–H and O–H groups in total. The fourth-order valence-corrected chi connectivity index (χ4v) is 5.27. The molecule has 2 heterocycles. The third-order valence-electron chi connectivity index (χ3n) is 5.38. The Bertz CT molecular complexity index is 1100. The van der Waals surface area contributed by atoms with Gasteiger partial charge in [0.15, 0.2) is 5.78 Å². The number of Topliss-reactive ketones (excluding diaryl/α,β-unsaturated/α-hetero) is 1. The number of hydrogen-bond donors (Lipinski definition) is 2. The van der Waals surface area contributed by atoms with Crippen molar-refractivity contribution in [2.45, 2.75) is 30.7 Å². The zero-order chi connectivity index (χ0) is 20.3. The van der Waals surface area contributed by atoms with Crippen molar-refractivity contribution in [3.63, 3.8) is 0 Å². The van der Waals surface area contributed by atoms with Crippen LogP contribution >= 0.6 is 0 Å². The first-order valence-corrected chi connectivity index (χ1v) is 11.4. The van der Waals surface area contributed by atoms with Gasteiger partial charge in [-0.1, -0.05) is 36.8 Å². The van der Waals surface area contributed by atoms with Crippen LogP contribution in [-0.4, -0.2) is 43.1 Å². The summed E-state index contributed by atoms with van der Waals surface area (Å²) in [5.41, 5.74) is 2.56. The summed E-state index contributed by atoms with van der Waals surface area (Å²) in [6, 6.07) is 14.6. The highest BCUT2D eigenvalue weighted by Crippen LogP contribution is 2.21. The summed E-state index contributed by atoms with van der Waals surface area (Å²) >= 11 is 0. The van der Waals surface area contributed by atoms with Gasteiger partial charge in [0.2, 0.25) is 10.0 Å². The summed E-state index contributed by atoms with van der Waals surface area (Å²) in [4.78, 5) is 15.9. The molecule has 0 amide bonds. The van der Waals surface area contributed by atoms with Crippen LogP contribution in [0.5, 0.6) is 0 Å². The predicted molar refractivity (Wildman–Crippen MR) is 113 cm³/mol. The Labute approximate surface area is 171 Å². The molecule has 7 heteroatoms. The Balaban J connectivity index is 1.35. The number of aromatic amines is 1. The number of rotatable bonds is 7. The Morgan fingerprint density at radius 1 is 1.00 bits per heavy atom. The minimum Gasteiger partial charge on any atom is -0.360 e. The zero-order valence-electron chi connectivity index (χ0n) is 16.2. The number of carbonyl (C=O) groups excluding carboxylic acids is 1. The van der Waals surface area contributed by atoms with Gasteiger partial charge >= 0.3 is 0 Å². The minimum absolute atomic E-state index is 0.0201. The van der Waals surface area contributed by atoms with Crippen molar-refractivity contribution in [3.8, 4) is 0 Å². The molecular formula is C22H25N3O3S. The molecule has 2 aromatic carbocycles. The number of hydrogen-bond acceptors (Lipinski definition) is 4. The van der Waals surface area contributed by atoms with Gasteiger partial charge < -0.3 is 10.3 Å². The number of para-hydroxylation sites is 1. The number of nitrogens with one attached hydrogen (secondary N) is 2. The lowest BCUT2D eigenvalue weighted by atomic mass is 10.1. The molecule has 6 nitrogen and oxygen atoms in total. The molecule has 152 valence electrons. The van der Waals surface area contributed by atoms with Crippen LogP contribution in [-0.2, 0) is 16.6 Å². The number of nitrogens with zero attached hydrogens (tertiary/aromatic N) is 1. The number of ketones is 1. The lowest BCUT2D eigenvalue weighted by Gasteiger charge is -2.25. The molecule has 0 radical (unpaired) electrons. The quantitative estimate of drug-likeness (QED) is 0.585. The molecule has 1 aliphatic rings. The van der Waals surface area contributed by atoms with Gasteiger partial charge in [-0.05, 0) is 36.6 Å². The first kappa shape index (κ1) is 19.8. The highest BCUT2D eigenvalue weighted by atomic mass is 32.2. The molecule has 0 unspecified atom stereocenters. The van der Waals surface area contributed by atoms with Gasteiger partial charge in [0.1, 0.15) is 0 Å². The number of H-pyrrole nitrogens is 1. The standard InChI is InChI=1S/C22H25N3O3S/c26-22(20-15-24-21-7-3-2-6-19(20)21)16-23-14-17-8-10-18(11-9-17)29(27,28)25-12-4-1-5-13-25/h2-3,6-11,15,23-24H,1,4-5,12-14,16H2. The van der Waals surface area contributed by atoms with Crippen LogP contribution in [0.1, 0.15) is 35.2 Å². The molecule has 1 saturated heterocycles. The van der Waals surface area contributed by atoms with Crippen molar-refractivity contribution in [1.29, 1.82) is 0 Å². The van der Waals surface area contributed by atoms with Crippen molar-refractivity contribution in [1.82, 2.24) is 14.6 Å². The van der Waals surface area contributed by atoms with E-state index in [1.54, 1.807) is 34.8 Å². The fraction of sp³-hybridized carbons (Fsp3) is 0.318. The van der Waals surface area contributed by atoms with Crippen LogP contribution < -0.4 is 5.32 Å². The molecule has 0 bridgehead atoms. The number of fused-ring (bicyclic) bond motifs is 1. The summed E-state index contributed by atoms with van der Waals surface area (Å²) in [5.74, 6) is 0.0201. The van der Waals surface area contributed by atoms with Crippen LogP contribution in [0.2, 0.25) is 0 Å². The lowest BCUT2D eigenvalue weighted by molar-refractivity contribution is 0.0992. The maximum absolute atomic E-state index is 12.7. The topological polar surface area (TPSA) is 82.3 Å². The van der Waals surface area contributed by atoms with Gasteiger partial charge in [0, 0.05) is 42.3 Å². The molecule has 4 rings (SSSR count). The van der Waals surface area contributed by atoms with Crippen LogP contribution in [0, 0.1) is 0 Å². The van der Waals surface area contributed by atoms with Gasteiger partial charge in [-0.15, -0.1) is 0 Å². The van der Waals surface area contributed by atoms with Gasteiger partial charge in [0.25, 0.3) is 0 Å². The van der Waals surface area contributed by atoms with Gasteiger partial charge in [0.05, 0.1) is 11.4 Å². The summed E-state index contributed by atoms with van der Waals surface area (Å²) in [6.45, 7) is 1.91. The number of benzene rings is 2. The molecule has 0 saturated carbocycles.